The first kappa shape index (κ1) is 18.2. The fraction of sp³-hybridized carbons (Fsp3) is 0.400. The standard InChI is InChI=1S/C20H25N3O3/c24-20(18-7-6-14-25-18)22-9-2-5-13-26-19-15-17(8-10-21-19)16-23-11-3-1-4-12-23/h2,5-8,10,14-15H,1,3-4,9,11-13,16H2,(H,22,24)/b5-2-. The largest absolute Gasteiger partial charge is 0.473 e. The highest BCUT2D eigenvalue weighted by atomic mass is 16.5. The Morgan fingerprint density at radius 3 is 2.96 bits per heavy atom. The van der Waals surface area contributed by atoms with Gasteiger partial charge in [0.25, 0.3) is 5.91 Å². The first-order chi connectivity index (χ1) is 12.8. The summed E-state index contributed by atoms with van der Waals surface area (Å²) in [5.41, 5.74) is 1.23. The minimum Gasteiger partial charge on any atom is -0.473 e. The number of carbonyl (C=O) groups excluding carboxylic acids is 1. The van der Waals surface area contributed by atoms with Gasteiger partial charge in [0.1, 0.15) is 6.61 Å². The number of ether oxygens (including phenoxy) is 1. The van der Waals surface area contributed by atoms with Gasteiger partial charge in [-0.25, -0.2) is 4.98 Å². The topological polar surface area (TPSA) is 67.6 Å². The van der Waals surface area contributed by atoms with Crippen LogP contribution in [-0.4, -0.2) is 42.0 Å². The molecule has 0 spiro atoms. The van der Waals surface area contributed by atoms with Gasteiger partial charge in [0.2, 0.25) is 5.88 Å². The van der Waals surface area contributed by atoms with Crippen LogP contribution in [0.25, 0.3) is 0 Å². The van der Waals surface area contributed by atoms with Crippen LogP contribution in [0.1, 0.15) is 35.4 Å². The molecule has 2 aromatic rings. The molecule has 0 atom stereocenters. The van der Waals surface area contributed by atoms with Gasteiger partial charge in [-0.15, -0.1) is 0 Å². The van der Waals surface area contributed by atoms with E-state index in [2.05, 4.69) is 15.2 Å². The average Bonchev–Trinajstić information content (AvgIpc) is 3.20. The summed E-state index contributed by atoms with van der Waals surface area (Å²) in [6.07, 6.45) is 10.9. The number of furan rings is 1. The molecular formula is C20H25N3O3. The second-order valence-electron chi connectivity index (χ2n) is 6.31. The van der Waals surface area contributed by atoms with Crippen LogP contribution in [0.15, 0.2) is 53.3 Å². The predicted molar refractivity (Wildman–Crippen MR) is 99.0 cm³/mol. The molecule has 1 amide bonds. The Hall–Kier alpha value is -2.60. The van der Waals surface area contributed by atoms with E-state index in [9.17, 15) is 4.79 Å². The van der Waals surface area contributed by atoms with Crippen molar-refractivity contribution >= 4 is 5.91 Å². The highest BCUT2D eigenvalue weighted by Crippen LogP contribution is 2.15. The van der Waals surface area contributed by atoms with Crippen LogP contribution >= 0.6 is 0 Å². The number of pyridine rings is 1. The van der Waals surface area contributed by atoms with E-state index in [1.165, 1.54) is 44.2 Å². The molecule has 2 aromatic heterocycles. The van der Waals surface area contributed by atoms with Gasteiger partial charge in [0, 0.05) is 25.4 Å². The maximum Gasteiger partial charge on any atom is 0.287 e. The fourth-order valence-corrected chi connectivity index (χ4v) is 2.93. The number of likely N-dealkylation sites (tertiary alicyclic amines) is 1. The Morgan fingerprint density at radius 2 is 2.15 bits per heavy atom. The van der Waals surface area contributed by atoms with Crippen LogP contribution in [0.5, 0.6) is 5.88 Å². The zero-order valence-electron chi connectivity index (χ0n) is 14.9. The van der Waals surface area contributed by atoms with Crippen molar-refractivity contribution in [3.63, 3.8) is 0 Å². The maximum atomic E-state index is 11.7. The number of hydrogen-bond donors (Lipinski definition) is 1. The van der Waals surface area contributed by atoms with Crippen molar-refractivity contribution in [3.05, 3.63) is 60.2 Å². The lowest BCUT2D eigenvalue weighted by atomic mass is 10.1. The molecule has 1 aliphatic rings. The van der Waals surface area contributed by atoms with E-state index in [4.69, 9.17) is 9.15 Å². The normalized spacial score (nSPS) is 15.2. The third-order valence-electron chi connectivity index (χ3n) is 4.27. The van der Waals surface area contributed by atoms with Gasteiger partial charge in [-0.2, -0.15) is 0 Å². The Kier molecular flexibility index (Phi) is 6.84. The van der Waals surface area contributed by atoms with Crippen molar-refractivity contribution in [1.29, 1.82) is 0 Å². The summed E-state index contributed by atoms with van der Waals surface area (Å²) in [5.74, 6) is 0.709. The lowest BCUT2D eigenvalue weighted by Crippen LogP contribution is -2.29. The van der Waals surface area contributed by atoms with Gasteiger partial charge in [0.05, 0.1) is 6.26 Å². The fourth-order valence-electron chi connectivity index (χ4n) is 2.93. The van der Waals surface area contributed by atoms with E-state index in [-0.39, 0.29) is 5.91 Å². The lowest BCUT2D eigenvalue weighted by molar-refractivity contribution is 0.0930. The molecule has 0 saturated carbocycles. The summed E-state index contributed by atoms with van der Waals surface area (Å²) >= 11 is 0. The molecule has 0 unspecified atom stereocenters. The average molecular weight is 355 g/mol. The maximum absolute atomic E-state index is 11.7. The van der Waals surface area contributed by atoms with Crippen LogP contribution in [0, 0.1) is 0 Å². The van der Waals surface area contributed by atoms with Crippen LogP contribution in [0.2, 0.25) is 0 Å². The van der Waals surface area contributed by atoms with Crippen molar-refractivity contribution < 1.29 is 13.9 Å². The zero-order valence-corrected chi connectivity index (χ0v) is 14.9. The van der Waals surface area contributed by atoms with Crippen LogP contribution in [0.3, 0.4) is 0 Å². The number of aromatic nitrogens is 1. The smallest absolute Gasteiger partial charge is 0.287 e. The Morgan fingerprint density at radius 1 is 1.27 bits per heavy atom. The van der Waals surface area contributed by atoms with E-state index >= 15 is 0 Å². The molecule has 1 N–H and O–H groups in total. The molecule has 26 heavy (non-hydrogen) atoms. The number of rotatable bonds is 8. The molecular weight excluding hydrogens is 330 g/mol. The number of nitrogens with zero attached hydrogens (tertiary/aromatic N) is 2. The first-order valence-electron chi connectivity index (χ1n) is 9.08. The van der Waals surface area contributed by atoms with Gasteiger partial charge in [-0.05, 0) is 55.8 Å². The van der Waals surface area contributed by atoms with Crippen LogP contribution in [-0.2, 0) is 6.54 Å². The van der Waals surface area contributed by atoms with Crippen molar-refractivity contribution in [2.75, 3.05) is 26.2 Å². The second-order valence-corrected chi connectivity index (χ2v) is 6.31. The summed E-state index contributed by atoms with van der Waals surface area (Å²) in [5, 5.41) is 2.74. The molecule has 6 heteroatoms. The molecule has 6 nitrogen and oxygen atoms in total. The van der Waals surface area contributed by atoms with E-state index in [0.29, 0.717) is 24.8 Å². The number of amides is 1. The lowest BCUT2D eigenvalue weighted by Gasteiger charge is -2.26. The van der Waals surface area contributed by atoms with Gasteiger partial charge >= 0.3 is 0 Å². The second kappa shape index (κ2) is 9.77. The van der Waals surface area contributed by atoms with Gasteiger partial charge in [-0.3, -0.25) is 9.69 Å². The number of piperidine rings is 1. The minimum atomic E-state index is -0.229. The van der Waals surface area contributed by atoms with E-state index < -0.39 is 0 Å². The number of carbonyl (C=O) groups is 1. The Bertz CT molecular complexity index is 707. The third kappa shape index (κ3) is 5.74. The number of nitrogens with one attached hydrogen (secondary N) is 1. The summed E-state index contributed by atoms with van der Waals surface area (Å²) < 4.78 is 10.7. The van der Waals surface area contributed by atoms with Gasteiger partial charge in [0.15, 0.2) is 5.76 Å². The van der Waals surface area contributed by atoms with Crippen molar-refractivity contribution in [2.45, 2.75) is 25.8 Å². The molecule has 0 aliphatic carbocycles. The van der Waals surface area contributed by atoms with Gasteiger partial charge in [-0.1, -0.05) is 12.5 Å². The molecule has 1 aliphatic heterocycles. The molecule has 138 valence electrons. The summed E-state index contributed by atoms with van der Waals surface area (Å²) in [7, 11) is 0. The predicted octanol–water partition coefficient (Wildman–Crippen LogP) is 3.03. The monoisotopic (exact) mass is 355 g/mol. The zero-order chi connectivity index (χ0) is 18.0. The minimum absolute atomic E-state index is 0.229. The molecule has 0 radical (unpaired) electrons. The van der Waals surface area contributed by atoms with Crippen LogP contribution in [0.4, 0.5) is 0 Å². The summed E-state index contributed by atoms with van der Waals surface area (Å²) in [6.45, 7) is 4.13. The van der Waals surface area contributed by atoms with E-state index in [0.717, 1.165) is 6.54 Å². The SMILES string of the molecule is O=C(NC/C=C\COc1cc(CN2CCCCC2)ccn1)c1ccco1. The molecule has 1 fully saturated rings. The molecule has 0 aromatic carbocycles. The van der Waals surface area contributed by atoms with Gasteiger partial charge < -0.3 is 14.5 Å². The summed E-state index contributed by atoms with van der Waals surface area (Å²) in [4.78, 5) is 18.4. The highest BCUT2D eigenvalue weighted by Gasteiger charge is 2.10. The quantitative estimate of drug-likeness (QED) is 0.737. The van der Waals surface area contributed by atoms with Crippen LogP contribution < -0.4 is 10.1 Å². The molecule has 3 rings (SSSR count). The van der Waals surface area contributed by atoms with Crippen molar-refractivity contribution in [2.24, 2.45) is 0 Å². The molecule has 3 heterocycles. The Balaban J connectivity index is 1.37. The highest BCUT2D eigenvalue weighted by molar-refractivity contribution is 5.91. The Labute approximate surface area is 153 Å². The molecule has 0 bridgehead atoms. The number of hydrogen-bond acceptors (Lipinski definition) is 5. The van der Waals surface area contributed by atoms with Crippen molar-refractivity contribution in [1.82, 2.24) is 15.2 Å². The first-order valence-corrected chi connectivity index (χ1v) is 9.08. The summed E-state index contributed by atoms with van der Waals surface area (Å²) in [6, 6.07) is 7.36. The van der Waals surface area contributed by atoms with E-state index in [1.54, 1.807) is 18.3 Å². The van der Waals surface area contributed by atoms with E-state index in [1.807, 2.05) is 24.3 Å². The third-order valence-corrected chi connectivity index (χ3v) is 4.27. The van der Waals surface area contributed by atoms with Crippen molar-refractivity contribution in [3.8, 4) is 5.88 Å². The molecule has 1 saturated heterocycles.